The number of ether oxygens (including phenoxy) is 3. The third-order valence-corrected chi connectivity index (χ3v) is 8.04. The molecule has 2 heterocycles. The first-order valence-corrected chi connectivity index (χ1v) is 15.9. The monoisotopic (exact) mass is 671 g/mol. The average molecular weight is 673 g/mol. The molecule has 1 aliphatic rings. The molecule has 2 aromatic carbocycles. The zero-order chi connectivity index (χ0) is 30.7. The number of hydrogen-bond donors (Lipinski definition) is 1. The first kappa shape index (κ1) is 33.2. The van der Waals surface area contributed by atoms with E-state index in [-0.39, 0.29) is 29.9 Å². The minimum Gasteiger partial charge on any atom is -0.870 e. The van der Waals surface area contributed by atoms with Crippen LogP contribution >= 0.6 is 23.2 Å². The molecule has 3 N–H and O–H groups in total. The Morgan fingerprint density at radius 1 is 1.09 bits per heavy atom. The van der Waals surface area contributed by atoms with Gasteiger partial charge < -0.3 is 24.3 Å². The molecule has 0 saturated heterocycles. The van der Waals surface area contributed by atoms with Crippen LogP contribution in [0.1, 0.15) is 30.1 Å². The summed E-state index contributed by atoms with van der Waals surface area (Å²) in [5, 5.41) is 1.42. The molecular formula is C29H29Cl2F2N3O7S. The predicted molar refractivity (Wildman–Crippen MR) is 159 cm³/mol. The van der Waals surface area contributed by atoms with E-state index in [1.54, 1.807) is 47.4 Å². The first-order valence-electron chi connectivity index (χ1n) is 13.3. The zero-order valence-electron chi connectivity index (χ0n) is 23.3. The summed E-state index contributed by atoms with van der Waals surface area (Å²) in [6.07, 6.45) is 6.94. The number of benzene rings is 2. The maximum atomic E-state index is 13.4. The van der Waals surface area contributed by atoms with Crippen molar-refractivity contribution in [3.05, 3.63) is 82.2 Å². The molecule has 1 fully saturated rings. The van der Waals surface area contributed by atoms with E-state index < -0.39 is 28.7 Å². The van der Waals surface area contributed by atoms with Crippen molar-refractivity contribution in [3.8, 4) is 11.5 Å². The Balaban J connectivity index is 0.00000442. The Bertz CT molecular complexity index is 1730. The van der Waals surface area contributed by atoms with Crippen LogP contribution in [0.4, 0.5) is 14.5 Å². The van der Waals surface area contributed by atoms with Crippen LogP contribution < -0.4 is 19.2 Å². The summed E-state index contributed by atoms with van der Waals surface area (Å²) in [5.74, 6) is -0.301. The van der Waals surface area contributed by atoms with Crippen LogP contribution in [0.15, 0.2) is 61.1 Å². The second kappa shape index (κ2) is 14.0. The highest BCUT2D eigenvalue weighted by Gasteiger charge is 2.26. The number of H-pyrrole nitrogens is 1. The fraction of sp³-hybridized carbons (Fsp3) is 0.310. The Morgan fingerprint density at radius 2 is 1.82 bits per heavy atom. The van der Waals surface area contributed by atoms with Crippen molar-refractivity contribution in [2.45, 2.75) is 38.5 Å². The second-order valence-electron chi connectivity index (χ2n) is 10.2. The summed E-state index contributed by atoms with van der Waals surface area (Å²) in [5.41, 5.74) is 1.92. The van der Waals surface area contributed by atoms with Gasteiger partial charge in [-0.1, -0.05) is 35.3 Å². The van der Waals surface area contributed by atoms with Crippen LogP contribution in [-0.2, 0) is 32.5 Å². The van der Waals surface area contributed by atoms with Crippen LogP contribution in [0.2, 0.25) is 10.0 Å². The van der Waals surface area contributed by atoms with Gasteiger partial charge >= 0.3 is 12.6 Å². The number of anilines is 1. The van der Waals surface area contributed by atoms with Gasteiger partial charge in [-0.05, 0) is 60.0 Å². The van der Waals surface area contributed by atoms with Gasteiger partial charge in [0.15, 0.2) is 23.9 Å². The molecule has 1 saturated carbocycles. The fourth-order valence-corrected chi connectivity index (χ4v) is 5.63. The minimum atomic E-state index is -3.50. The molecule has 5 rings (SSSR count). The molecule has 44 heavy (non-hydrogen) atoms. The van der Waals surface area contributed by atoms with Gasteiger partial charge in [-0.2, -0.15) is 8.78 Å². The van der Waals surface area contributed by atoms with E-state index in [0.29, 0.717) is 44.9 Å². The summed E-state index contributed by atoms with van der Waals surface area (Å²) in [4.78, 5) is 16.2. The normalized spacial score (nSPS) is 13.8. The number of rotatable bonds is 13. The van der Waals surface area contributed by atoms with Crippen molar-refractivity contribution in [1.82, 2.24) is 4.57 Å². The van der Waals surface area contributed by atoms with Gasteiger partial charge in [0.1, 0.15) is 22.7 Å². The topological polar surface area (TPSA) is 140 Å². The largest absolute Gasteiger partial charge is 0.870 e. The quantitative estimate of drug-likeness (QED) is 0.175. The SMILES string of the molecule is CS(=O)(=O)Nc1ccc2ccn(CC(=O)O[C@@H](Cc3c(Cl)c[nH+]cc3Cl)c3ccc(OC(F)F)c(OCC4CC4)c3)c2c1.[OH-]. The predicted octanol–water partition coefficient (Wildman–Crippen LogP) is 5.87. The van der Waals surface area contributed by atoms with Crippen molar-refractivity contribution in [2.75, 3.05) is 17.6 Å². The van der Waals surface area contributed by atoms with Gasteiger partial charge in [0.25, 0.3) is 0 Å². The Hall–Kier alpha value is -3.65. The van der Waals surface area contributed by atoms with E-state index in [9.17, 15) is 22.0 Å². The molecule has 10 nitrogen and oxygen atoms in total. The molecule has 0 aliphatic heterocycles. The van der Waals surface area contributed by atoms with Gasteiger partial charge in [0.2, 0.25) is 10.0 Å². The standard InChI is InChI=1S/C29H27Cl2F2N3O6S.H2O/c1-43(38,39)35-20-6-4-18-8-9-36(24(18)11-20)15-28(37)41-26(12-21-22(30)13-34-14-23(21)31)19-5-7-25(42-29(32)33)27(10-19)40-16-17-2-3-17;/h4-11,13-14,17,26,29,35H,2-3,12,15-16H2,1H3;1H2/t26-;/m0./s1. The number of carbonyl (C=O) groups is 1. The van der Waals surface area contributed by atoms with E-state index in [2.05, 4.69) is 14.4 Å². The number of aromatic nitrogens is 2. The summed E-state index contributed by atoms with van der Waals surface area (Å²) in [6, 6.07) is 11.1. The number of esters is 1. The molecule has 0 radical (unpaired) electrons. The summed E-state index contributed by atoms with van der Waals surface area (Å²) in [6.45, 7) is -2.91. The van der Waals surface area contributed by atoms with Crippen molar-refractivity contribution in [2.24, 2.45) is 5.92 Å². The van der Waals surface area contributed by atoms with Crippen LogP contribution in [0.3, 0.4) is 0 Å². The third kappa shape index (κ3) is 8.72. The lowest BCUT2D eigenvalue weighted by Crippen LogP contribution is -2.19. The van der Waals surface area contributed by atoms with E-state index >= 15 is 0 Å². The summed E-state index contributed by atoms with van der Waals surface area (Å²) in [7, 11) is -3.50. The lowest BCUT2D eigenvalue weighted by molar-refractivity contribution is -0.377. The van der Waals surface area contributed by atoms with Crippen LogP contribution in [0.5, 0.6) is 11.5 Å². The number of sulfonamides is 1. The molecule has 0 amide bonds. The lowest BCUT2D eigenvalue weighted by atomic mass is 10.0. The molecule has 1 atom stereocenters. The second-order valence-corrected chi connectivity index (χ2v) is 12.8. The Kier molecular flexibility index (Phi) is 10.6. The number of nitrogens with zero attached hydrogens (tertiary/aromatic N) is 1. The van der Waals surface area contributed by atoms with E-state index in [1.165, 1.54) is 18.2 Å². The Morgan fingerprint density at radius 3 is 2.48 bits per heavy atom. The summed E-state index contributed by atoms with van der Waals surface area (Å²) >= 11 is 12.8. The molecule has 15 heteroatoms. The molecule has 4 aromatic rings. The maximum Gasteiger partial charge on any atom is 0.387 e. The first-order chi connectivity index (χ1) is 20.4. The maximum absolute atomic E-state index is 13.4. The number of nitrogens with one attached hydrogen (secondary N) is 2. The molecule has 0 spiro atoms. The van der Waals surface area contributed by atoms with Gasteiger partial charge in [-0.15, -0.1) is 0 Å². The molecule has 2 aromatic heterocycles. The van der Waals surface area contributed by atoms with Crippen LogP contribution in [0, 0.1) is 5.92 Å². The smallest absolute Gasteiger partial charge is 0.387 e. The van der Waals surface area contributed by atoms with Crippen LogP contribution in [-0.4, -0.2) is 43.9 Å². The highest BCUT2D eigenvalue weighted by Crippen LogP contribution is 2.38. The van der Waals surface area contributed by atoms with Gasteiger partial charge in [0, 0.05) is 18.2 Å². The molecule has 0 unspecified atom stereocenters. The molecule has 236 valence electrons. The molecule has 0 bridgehead atoms. The third-order valence-electron chi connectivity index (χ3n) is 6.76. The summed E-state index contributed by atoms with van der Waals surface area (Å²) < 4.78 is 70.1. The van der Waals surface area contributed by atoms with E-state index in [0.717, 1.165) is 24.5 Å². The van der Waals surface area contributed by atoms with E-state index in [4.69, 9.17) is 32.7 Å². The van der Waals surface area contributed by atoms with Crippen molar-refractivity contribution in [1.29, 1.82) is 0 Å². The number of pyridine rings is 1. The lowest BCUT2D eigenvalue weighted by Gasteiger charge is -2.21. The van der Waals surface area contributed by atoms with Gasteiger partial charge in [0.05, 0.1) is 24.1 Å². The van der Waals surface area contributed by atoms with Crippen molar-refractivity contribution in [3.63, 3.8) is 0 Å². The van der Waals surface area contributed by atoms with Crippen molar-refractivity contribution < 1.29 is 46.7 Å². The average Bonchev–Trinajstić information content (AvgIpc) is 3.68. The molecule has 1 aliphatic carbocycles. The van der Waals surface area contributed by atoms with Crippen LogP contribution in [0.25, 0.3) is 10.9 Å². The van der Waals surface area contributed by atoms with E-state index in [1.807, 2.05) is 0 Å². The number of carbonyl (C=O) groups excluding carboxylic acids is 1. The molecular weight excluding hydrogens is 643 g/mol. The zero-order valence-corrected chi connectivity index (χ0v) is 25.6. The fourth-order valence-electron chi connectivity index (χ4n) is 4.54. The highest BCUT2D eigenvalue weighted by atomic mass is 35.5. The van der Waals surface area contributed by atoms with Crippen molar-refractivity contribution >= 4 is 55.8 Å². The minimum absolute atomic E-state index is 0. The highest BCUT2D eigenvalue weighted by molar-refractivity contribution is 7.92. The number of alkyl halides is 2. The van der Waals surface area contributed by atoms with Gasteiger partial charge in [-0.3, -0.25) is 9.52 Å². The number of fused-ring (bicyclic) bond motifs is 1. The Labute approximate surface area is 262 Å². The number of aromatic amines is 1. The number of hydrogen-bond acceptors (Lipinski definition) is 7. The van der Waals surface area contributed by atoms with Gasteiger partial charge in [-0.25, -0.2) is 13.4 Å². The number of halogens is 4.